The third-order valence-electron chi connectivity index (χ3n) is 4.34. The summed E-state index contributed by atoms with van der Waals surface area (Å²) in [6.07, 6.45) is 1.54. The molecule has 1 heterocycles. The standard InChI is InChI=1S/C18H18ClNO2/c1-20-8-7-13-9-16(19)18(22)15(11-21)17(13)14(10-20)12-5-3-2-4-6-12/h2-6,9,11,14,22H,7-8,10H2,1H3/t14-/m1/s1. The number of likely N-dealkylation sites (N-methyl/N-ethyl adjacent to an activating group) is 1. The molecule has 3 rings (SSSR count). The first-order valence-corrected chi connectivity index (χ1v) is 7.72. The highest BCUT2D eigenvalue weighted by Crippen LogP contribution is 2.40. The Labute approximate surface area is 135 Å². The average Bonchev–Trinajstić information content (AvgIpc) is 2.69. The predicted molar refractivity (Wildman–Crippen MR) is 88.0 cm³/mol. The number of carbonyl (C=O) groups is 1. The summed E-state index contributed by atoms with van der Waals surface area (Å²) in [6, 6.07) is 11.9. The van der Waals surface area contributed by atoms with Gasteiger partial charge in [-0.05, 0) is 36.2 Å². The fraction of sp³-hybridized carbons (Fsp3) is 0.278. The van der Waals surface area contributed by atoms with E-state index in [2.05, 4.69) is 24.1 Å². The molecule has 22 heavy (non-hydrogen) atoms. The van der Waals surface area contributed by atoms with Crippen LogP contribution in [0.25, 0.3) is 0 Å². The highest BCUT2D eigenvalue weighted by molar-refractivity contribution is 6.32. The van der Waals surface area contributed by atoms with Crippen LogP contribution >= 0.6 is 11.6 Å². The molecule has 0 radical (unpaired) electrons. The molecule has 0 saturated heterocycles. The van der Waals surface area contributed by atoms with E-state index in [0.717, 1.165) is 42.5 Å². The minimum atomic E-state index is -0.110. The summed E-state index contributed by atoms with van der Waals surface area (Å²) < 4.78 is 0. The number of fused-ring (bicyclic) bond motifs is 1. The molecule has 0 amide bonds. The number of hydrogen-bond acceptors (Lipinski definition) is 3. The van der Waals surface area contributed by atoms with E-state index >= 15 is 0 Å². The van der Waals surface area contributed by atoms with Crippen LogP contribution < -0.4 is 0 Å². The molecule has 0 fully saturated rings. The number of hydrogen-bond donors (Lipinski definition) is 1. The van der Waals surface area contributed by atoms with Crippen molar-refractivity contribution >= 4 is 17.9 Å². The minimum Gasteiger partial charge on any atom is -0.506 e. The maximum atomic E-state index is 11.6. The summed E-state index contributed by atoms with van der Waals surface area (Å²) >= 11 is 6.09. The molecule has 2 aromatic carbocycles. The predicted octanol–water partition coefficient (Wildman–Crippen LogP) is 3.48. The molecule has 1 atom stereocenters. The molecule has 0 spiro atoms. The molecule has 0 bridgehead atoms. The van der Waals surface area contributed by atoms with E-state index in [9.17, 15) is 9.90 Å². The summed E-state index contributed by atoms with van der Waals surface area (Å²) in [5.41, 5.74) is 3.42. The molecule has 1 aliphatic heterocycles. The molecule has 0 saturated carbocycles. The Balaban J connectivity index is 2.25. The van der Waals surface area contributed by atoms with Crippen LogP contribution in [0.15, 0.2) is 36.4 Å². The zero-order chi connectivity index (χ0) is 15.7. The van der Waals surface area contributed by atoms with Gasteiger partial charge in [-0.25, -0.2) is 0 Å². The van der Waals surface area contributed by atoms with Gasteiger partial charge in [-0.2, -0.15) is 0 Å². The Kier molecular flexibility index (Phi) is 4.19. The second-order valence-electron chi connectivity index (χ2n) is 5.79. The third kappa shape index (κ3) is 2.62. The number of halogens is 1. The Bertz CT molecular complexity index is 700. The van der Waals surface area contributed by atoms with Crippen LogP contribution in [0.4, 0.5) is 0 Å². The SMILES string of the molecule is CN1CCc2cc(Cl)c(O)c(C=O)c2[C@@H](c2ccccc2)C1. The van der Waals surface area contributed by atoms with Crippen molar-refractivity contribution in [3.63, 3.8) is 0 Å². The lowest BCUT2D eigenvalue weighted by atomic mass is 9.84. The lowest BCUT2D eigenvalue weighted by Gasteiger charge is -2.23. The molecule has 0 unspecified atom stereocenters. The van der Waals surface area contributed by atoms with Crippen LogP contribution in [0.3, 0.4) is 0 Å². The van der Waals surface area contributed by atoms with Crippen LogP contribution in [0.2, 0.25) is 5.02 Å². The van der Waals surface area contributed by atoms with Gasteiger partial charge in [0.2, 0.25) is 0 Å². The van der Waals surface area contributed by atoms with Crippen LogP contribution in [0.5, 0.6) is 5.75 Å². The van der Waals surface area contributed by atoms with Crippen molar-refractivity contribution in [3.8, 4) is 5.75 Å². The first-order valence-electron chi connectivity index (χ1n) is 7.34. The highest BCUT2D eigenvalue weighted by Gasteiger charge is 2.28. The van der Waals surface area contributed by atoms with Crippen molar-refractivity contribution in [1.82, 2.24) is 4.90 Å². The van der Waals surface area contributed by atoms with Gasteiger partial charge in [0.1, 0.15) is 5.75 Å². The molecular weight excluding hydrogens is 298 g/mol. The number of aromatic hydroxyl groups is 1. The summed E-state index contributed by atoms with van der Waals surface area (Å²) in [5.74, 6) is -0.0621. The summed E-state index contributed by atoms with van der Waals surface area (Å²) in [4.78, 5) is 13.8. The van der Waals surface area contributed by atoms with Crippen molar-refractivity contribution in [1.29, 1.82) is 0 Å². The molecule has 2 aromatic rings. The second-order valence-corrected chi connectivity index (χ2v) is 6.19. The molecule has 4 heteroatoms. The van der Waals surface area contributed by atoms with Gasteiger partial charge in [0.15, 0.2) is 6.29 Å². The highest BCUT2D eigenvalue weighted by atomic mass is 35.5. The normalized spacial score (nSPS) is 18.5. The molecule has 3 nitrogen and oxygen atoms in total. The number of nitrogens with zero attached hydrogens (tertiary/aromatic N) is 1. The largest absolute Gasteiger partial charge is 0.506 e. The van der Waals surface area contributed by atoms with E-state index in [1.54, 1.807) is 6.07 Å². The van der Waals surface area contributed by atoms with Crippen LogP contribution in [-0.4, -0.2) is 36.4 Å². The lowest BCUT2D eigenvalue weighted by molar-refractivity contribution is 0.111. The first kappa shape index (κ1) is 15.1. The van der Waals surface area contributed by atoms with Crippen molar-refractivity contribution in [2.75, 3.05) is 20.1 Å². The smallest absolute Gasteiger partial charge is 0.154 e. The number of carbonyl (C=O) groups excluding carboxylic acids is 1. The third-order valence-corrected chi connectivity index (χ3v) is 4.63. The van der Waals surface area contributed by atoms with Gasteiger partial charge in [0.25, 0.3) is 0 Å². The zero-order valence-corrected chi connectivity index (χ0v) is 13.2. The fourth-order valence-corrected chi connectivity index (χ4v) is 3.46. The number of rotatable bonds is 2. The zero-order valence-electron chi connectivity index (χ0n) is 12.4. The molecule has 0 aliphatic carbocycles. The fourth-order valence-electron chi connectivity index (χ4n) is 3.23. The Morgan fingerprint density at radius 3 is 2.73 bits per heavy atom. The van der Waals surface area contributed by atoms with Gasteiger partial charge < -0.3 is 10.0 Å². The molecule has 1 N–H and O–H groups in total. The number of aldehydes is 1. The summed E-state index contributed by atoms with van der Waals surface area (Å²) in [6.45, 7) is 1.70. The van der Waals surface area contributed by atoms with E-state index < -0.39 is 0 Å². The topological polar surface area (TPSA) is 40.5 Å². The Morgan fingerprint density at radius 2 is 2.05 bits per heavy atom. The maximum Gasteiger partial charge on any atom is 0.154 e. The van der Waals surface area contributed by atoms with Crippen LogP contribution in [0.1, 0.15) is 33.0 Å². The number of benzene rings is 2. The van der Waals surface area contributed by atoms with Crippen molar-refractivity contribution in [2.45, 2.75) is 12.3 Å². The van der Waals surface area contributed by atoms with Crippen LogP contribution in [-0.2, 0) is 6.42 Å². The van der Waals surface area contributed by atoms with Crippen molar-refractivity contribution < 1.29 is 9.90 Å². The van der Waals surface area contributed by atoms with Gasteiger partial charge in [-0.15, -0.1) is 0 Å². The summed E-state index contributed by atoms with van der Waals surface area (Å²) in [5, 5.41) is 10.4. The second kappa shape index (κ2) is 6.11. The minimum absolute atomic E-state index is 0.0482. The molecule has 0 aromatic heterocycles. The van der Waals surface area contributed by atoms with Gasteiger partial charge in [0.05, 0.1) is 10.6 Å². The maximum absolute atomic E-state index is 11.6. The van der Waals surface area contributed by atoms with E-state index in [-0.39, 0.29) is 16.7 Å². The summed E-state index contributed by atoms with van der Waals surface area (Å²) in [7, 11) is 2.07. The number of phenolic OH excluding ortho intramolecular Hbond substituents is 1. The molecule has 1 aliphatic rings. The number of phenols is 1. The van der Waals surface area contributed by atoms with Gasteiger partial charge in [0, 0.05) is 19.0 Å². The average molecular weight is 316 g/mol. The molecular formula is C18H18ClNO2. The quantitative estimate of drug-likeness (QED) is 0.863. The van der Waals surface area contributed by atoms with E-state index in [1.165, 1.54) is 0 Å². The van der Waals surface area contributed by atoms with Gasteiger partial charge in [-0.3, -0.25) is 4.79 Å². The van der Waals surface area contributed by atoms with Crippen molar-refractivity contribution in [3.05, 3.63) is 63.7 Å². The Hall–Kier alpha value is -1.84. The molecule has 114 valence electrons. The van der Waals surface area contributed by atoms with E-state index in [4.69, 9.17) is 11.6 Å². The van der Waals surface area contributed by atoms with Crippen molar-refractivity contribution in [2.24, 2.45) is 0 Å². The van der Waals surface area contributed by atoms with E-state index in [0.29, 0.717) is 5.56 Å². The first-order chi connectivity index (χ1) is 10.6. The monoisotopic (exact) mass is 315 g/mol. The van der Waals surface area contributed by atoms with Gasteiger partial charge in [-0.1, -0.05) is 41.9 Å². The van der Waals surface area contributed by atoms with E-state index in [1.807, 2.05) is 18.2 Å². The lowest BCUT2D eigenvalue weighted by Crippen LogP contribution is -2.24. The van der Waals surface area contributed by atoms with Crippen LogP contribution in [0, 0.1) is 0 Å². The Morgan fingerprint density at radius 1 is 1.32 bits per heavy atom. The van der Waals surface area contributed by atoms with Gasteiger partial charge >= 0.3 is 0 Å².